The lowest BCUT2D eigenvalue weighted by atomic mass is 10.1. The molecule has 4 heteroatoms. The van der Waals surface area contributed by atoms with E-state index < -0.39 is 0 Å². The van der Waals surface area contributed by atoms with Crippen molar-refractivity contribution >= 4 is 17.5 Å². The summed E-state index contributed by atoms with van der Waals surface area (Å²) in [7, 11) is 0. The average molecular weight is 303 g/mol. The van der Waals surface area contributed by atoms with Crippen molar-refractivity contribution in [3.05, 3.63) is 58.9 Å². The third kappa shape index (κ3) is 2.46. The Hall–Kier alpha value is -1.74. The summed E-state index contributed by atoms with van der Waals surface area (Å²) in [6.45, 7) is 5.80. The molecule has 21 heavy (non-hydrogen) atoms. The first-order valence-electron chi connectivity index (χ1n) is 7.23. The number of carbonyl (C=O) groups is 1. The van der Waals surface area contributed by atoms with Crippen LogP contribution >= 0.6 is 11.6 Å². The molecular weight excluding hydrogens is 284 g/mol. The molecule has 3 rings (SSSR count). The maximum absolute atomic E-state index is 12.8. The van der Waals surface area contributed by atoms with Crippen LogP contribution in [0.5, 0.6) is 0 Å². The predicted molar refractivity (Wildman–Crippen MR) is 84.6 cm³/mol. The fraction of sp³-hybridized carbons (Fsp3) is 0.353. The summed E-state index contributed by atoms with van der Waals surface area (Å²) in [4.78, 5) is 14.7. The second-order valence-electron chi connectivity index (χ2n) is 5.56. The molecule has 0 saturated carbocycles. The molecule has 0 N–H and O–H groups in total. The molecule has 0 radical (unpaired) electrons. The van der Waals surface area contributed by atoms with Gasteiger partial charge in [0.1, 0.15) is 0 Å². The molecule has 1 aromatic carbocycles. The number of carbonyl (C=O) groups excluding carboxylic acids is 1. The van der Waals surface area contributed by atoms with Crippen molar-refractivity contribution in [3.63, 3.8) is 0 Å². The molecule has 0 spiro atoms. The summed E-state index contributed by atoms with van der Waals surface area (Å²) >= 11 is 5.86. The normalized spacial score (nSPS) is 17.7. The highest BCUT2D eigenvalue weighted by Gasteiger charge is 2.28. The SMILES string of the molecule is Cc1ccc2n1CCN(C(=O)c1cccc(CCl)c1)C2C. The number of aromatic nitrogens is 1. The van der Waals surface area contributed by atoms with Gasteiger partial charge in [0.15, 0.2) is 0 Å². The van der Waals surface area contributed by atoms with Crippen molar-refractivity contribution in [2.75, 3.05) is 6.54 Å². The van der Waals surface area contributed by atoms with Crippen LogP contribution in [0.25, 0.3) is 0 Å². The fourth-order valence-electron chi connectivity index (χ4n) is 3.05. The zero-order chi connectivity index (χ0) is 15.0. The van der Waals surface area contributed by atoms with E-state index in [1.54, 1.807) is 0 Å². The van der Waals surface area contributed by atoms with Crippen molar-refractivity contribution < 1.29 is 4.79 Å². The summed E-state index contributed by atoms with van der Waals surface area (Å²) in [6.07, 6.45) is 0. The standard InChI is InChI=1S/C17H19ClN2O/c1-12-6-7-16-13(2)20(9-8-19(12)16)17(21)15-5-3-4-14(10-15)11-18/h3-7,10,13H,8-9,11H2,1-2H3. The molecule has 0 saturated heterocycles. The Labute approximate surface area is 130 Å². The molecule has 110 valence electrons. The van der Waals surface area contributed by atoms with Crippen molar-refractivity contribution in [2.24, 2.45) is 0 Å². The fourth-order valence-corrected chi connectivity index (χ4v) is 3.22. The third-order valence-electron chi connectivity index (χ3n) is 4.28. The molecule has 1 aromatic heterocycles. The highest BCUT2D eigenvalue weighted by atomic mass is 35.5. The summed E-state index contributed by atoms with van der Waals surface area (Å²) in [5.74, 6) is 0.512. The van der Waals surface area contributed by atoms with Gasteiger partial charge in [-0.15, -0.1) is 11.6 Å². The summed E-state index contributed by atoms with van der Waals surface area (Å²) in [5.41, 5.74) is 4.16. The lowest BCUT2D eigenvalue weighted by molar-refractivity contribution is 0.0643. The van der Waals surface area contributed by atoms with Crippen LogP contribution in [0, 0.1) is 6.92 Å². The molecule has 1 amide bonds. The van der Waals surface area contributed by atoms with E-state index in [0.29, 0.717) is 5.88 Å². The van der Waals surface area contributed by atoms with Gasteiger partial charge in [-0.2, -0.15) is 0 Å². The number of amides is 1. The smallest absolute Gasteiger partial charge is 0.254 e. The highest BCUT2D eigenvalue weighted by molar-refractivity contribution is 6.17. The number of rotatable bonds is 2. The van der Waals surface area contributed by atoms with Crippen LogP contribution in [-0.2, 0) is 12.4 Å². The van der Waals surface area contributed by atoms with Gasteiger partial charge >= 0.3 is 0 Å². The van der Waals surface area contributed by atoms with Gasteiger partial charge in [-0.1, -0.05) is 12.1 Å². The molecule has 1 aliphatic heterocycles. The first kappa shape index (κ1) is 14.2. The van der Waals surface area contributed by atoms with Crippen LogP contribution in [0.2, 0.25) is 0 Å². The highest BCUT2D eigenvalue weighted by Crippen LogP contribution is 2.28. The predicted octanol–water partition coefficient (Wildman–Crippen LogP) is 3.75. The van der Waals surface area contributed by atoms with Crippen molar-refractivity contribution in [3.8, 4) is 0 Å². The molecule has 0 aliphatic carbocycles. The minimum absolute atomic E-state index is 0.0829. The van der Waals surface area contributed by atoms with Crippen LogP contribution in [0.4, 0.5) is 0 Å². The van der Waals surface area contributed by atoms with Crippen LogP contribution in [0.15, 0.2) is 36.4 Å². The van der Waals surface area contributed by atoms with Crippen LogP contribution in [0.1, 0.15) is 40.3 Å². The number of halogens is 1. The molecule has 2 heterocycles. The Balaban J connectivity index is 1.89. The van der Waals surface area contributed by atoms with Crippen LogP contribution < -0.4 is 0 Å². The summed E-state index contributed by atoms with van der Waals surface area (Å²) < 4.78 is 2.30. The third-order valence-corrected chi connectivity index (χ3v) is 4.59. The van der Waals surface area contributed by atoms with E-state index in [1.165, 1.54) is 11.4 Å². The van der Waals surface area contributed by atoms with Crippen LogP contribution in [-0.4, -0.2) is 21.9 Å². The van der Waals surface area contributed by atoms with E-state index in [4.69, 9.17) is 11.6 Å². The second-order valence-corrected chi connectivity index (χ2v) is 5.83. The average Bonchev–Trinajstić information content (AvgIpc) is 2.89. The first-order chi connectivity index (χ1) is 10.1. The number of aryl methyl sites for hydroxylation is 1. The summed E-state index contributed by atoms with van der Waals surface area (Å²) in [5, 5.41) is 0. The topological polar surface area (TPSA) is 25.2 Å². The zero-order valence-corrected chi connectivity index (χ0v) is 13.1. The Morgan fingerprint density at radius 3 is 2.86 bits per heavy atom. The quantitative estimate of drug-likeness (QED) is 0.776. The minimum Gasteiger partial charge on any atom is -0.345 e. The maximum Gasteiger partial charge on any atom is 0.254 e. The van der Waals surface area contributed by atoms with Gasteiger partial charge in [-0.3, -0.25) is 4.79 Å². The zero-order valence-electron chi connectivity index (χ0n) is 12.3. The second kappa shape index (κ2) is 5.57. The van der Waals surface area contributed by atoms with Crippen LogP contribution in [0.3, 0.4) is 0 Å². The monoisotopic (exact) mass is 302 g/mol. The van der Waals surface area contributed by atoms with Crippen molar-refractivity contribution in [1.29, 1.82) is 0 Å². The van der Waals surface area contributed by atoms with E-state index in [0.717, 1.165) is 24.2 Å². The Bertz CT molecular complexity index is 677. The van der Waals surface area contributed by atoms with Gasteiger partial charge in [0.05, 0.1) is 6.04 Å². The van der Waals surface area contributed by atoms with E-state index in [9.17, 15) is 4.79 Å². The van der Waals surface area contributed by atoms with Gasteiger partial charge in [0, 0.05) is 35.9 Å². The molecule has 0 fully saturated rings. The maximum atomic E-state index is 12.8. The van der Waals surface area contributed by atoms with E-state index >= 15 is 0 Å². The molecular formula is C17H19ClN2O. The van der Waals surface area contributed by atoms with Gasteiger partial charge in [-0.05, 0) is 43.7 Å². The van der Waals surface area contributed by atoms with Gasteiger partial charge in [0.2, 0.25) is 0 Å². The van der Waals surface area contributed by atoms with Gasteiger partial charge in [-0.25, -0.2) is 0 Å². The van der Waals surface area contributed by atoms with Gasteiger partial charge < -0.3 is 9.47 Å². The number of fused-ring (bicyclic) bond motifs is 1. The largest absolute Gasteiger partial charge is 0.345 e. The molecule has 1 atom stereocenters. The lowest BCUT2D eigenvalue weighted by Crippen LogP contribution is -2.41. The number of hydrogen-bond donors (Lipinski definition) is 0. The van der Waals surface area contributed by atoms with E-state index in [2.05, 4.69) is 30.5 Å². The van der Waals surface area contributed by atoms with Crippen molar-refractivity contribution in [2.45, 2.75) is 32.3 Å². The Morgan fingerprint density at radius 1 is 1.29 bits per heavy atom. The van der Waals surface area contributed by atoms with E-state index in [1.807, 2.05) is 29.2 Å². The van der Waals surface area contributed by atoms with Gasteiger partial charge in [0.25, 0.3) is 5.91 Å². The molecule has 0 bridgehead atoms. The summed E-state index contributed by atoms with van der Waals surface area (Å²) in [6, 6.07) is 11.9. The first-order valence-corrected chi connectivity index (χ1v) is 7.77. The van der Waals surface area contributed by atoms with E-state index in [-0.39, 0.29) is 11.9 Å². The molecule has 3 nitrogen and oxygen atoms in total. The molecule has 1 unspecified atom stereocenters. The lowest BCUT2D eigenvalue weighted by Gasteiger charge is -2.35. The Morgan fingerprint density at radius 2 is 2.10 bits per heavy atom. The number of alkyl halides is 1. The number of hydrogen-bond acceptors (Lipinski definition) is 1. The number of nitrogens with zero attached hydrogens (tertiary/aromatic N) is 2. The number of benzene rings is 1. The van der Waals surface area contributed by atoms with Crippen molar-refractivity contribution in [1.82, 2.24) is 9.47 Å². The molecule has 1 aliphatic rings. The Kier molecular flexibility index (Phi) is 3.77. The minimum atomic E-state index is 0.0829. The molecule has 2 aromatic rings.